The van der Waals surface area contributed by atoms with Gasteiger partial charge in [0.05, 0.1) is 27.0 Å². The summed E-state index contributed by atoms with van der Waals surface area (Å²) >= 11 is 6.75. The molecule has 0 fully saturated rings. The summed E-state index contributed by atoms with van der Waals surface area (Å²) in [5.74, 6) is -1.24. The van der Waals surface area contributed by atoms with Gasteiger partial charge in [0.15, 0.2) is 11.5 Å². The first kappa shape index (κ1) is 21.7. The SMILES string of the molecule is COc1ccc(/C=N\NC(=O)CNc2ccc(Br)cc2Br)c(C(=O)O)c1OC. The van der Waals surface area contributed by atoms with E-state index in [0.717, 1.165) is 14.6 Å². The topological polar surface area (TPSA) is 109 Å². The lowest BCUT2D eigenvalue weighted by Crippen LogP contribution is -2.26. The van der Waals surface area contributed by atoms with Crippen LogP contribution in [0.25, 0.3) is 0 Å². The molecule has 0 radical (unpaired) electrons. The summed E-state index contributed by atoms with van der Waals surface area (Å²) in [7, 11) is 2.76. The molecule has 2 rings (SSSR count). The molecule has 0 heterocycles. The molecule has 2 aromatic carbocycles. The van der Waals surface area contributed by atoms with E-state index >= 15 is 0 Å². The molecule has 148 valence electrons. The van der Waals surface area contributed by atoms with Crippen molar-refractivity contribution >= 4 is 55.6 Å². The molecule has 0 aromatic heterocycles. The van der Waals surface area contributed by atoms with Gasteiger partial charge in [-0.2, -0.15) is 5.10 Å². The monoisotopic (exact) mass is 513 g/mol. The summed E-state index contributed by atoms with van der Waals surface area (Å²) in [6, 6.07) is 8.57. The molecule has 0 spiro atoms. The molecule has 8 nitrogen and oxygen atoms in total. The van der Waals surface area contributed by atoms with Crippen molar-refractivity contribution in [1.82, 2.24) is 5.43 Å². The van der Waals surface area contributed by atoms with Gasteiger partial charge < -0.3 is 19.9 Å². The maximum absolute atomic E-state index is 12.0. The van der Waals surface area contributed by atoms with Crippen molar-refractivity contribution in [3.8, 4) is 11.5 Å². The molecule has 28 heavy (non-hydrogen) atoms. The minimum atomic E-state index is -1.20. The number of amides is 1. The summed E-state index contributed by atoms with van der Waals surface area (Å²) in [6.07, 6.45) is 1.23. The number of nitrogens with zero attached hydrogens (tertiary/aromatic N) is 1. The first-order valence-electron chi connectivity index (χ1n) is 7.86. The smallest absolute Gasteiger partial charge is 0.340 e. The number of benzene rings is 2. The van der Waals surface area contributed by atoms with Gasteiger partial charge in [-0.25, -0.2) is 10.2 Å². The van der Waals surface area contributed by atoms with Crippen molar-refractivity contribution < 1.29 is 24.2 Å². The normalized spacial score (nSPS) is 10.6. The summed E-state index contributed by atoms with van der Waals surface area (Å²) < 4.78 is 11.9. The number of halogens is 2. The van der Waals surface area contributed by atoms with Crippen LogP contribution in [-0.2, 0) is 4.79 Å². The van der Waals surface area contributed by atoms with Gasteiger partial charge in [-0.15, -0.1) is 0 Å². The Labute approximate surface area is 178 Å². The highest BCUT2D eigenvalue weighted by atomic mass is 79.9. The molecular weight excluding hydrogens is 498 g/mol. The van der Waals surface area contributed by atoms with Crippen LogP contribution in [0.15, 0.2) is 44.4 Å². The number of carboxylic acids is 1. The van der Waals surface area contributed by atoms with Gasteiger partial charge in [-0.1, -0.05) is 15.9 Å². The Morgan fingerprint density at radius 2 is 1.93 bits per heavy atom. The summed E-state index contributed by atoms with van der Waals surface area (Å²) in [5.41, 5.74) is 3.23. The molecular formula is C18H17Br2N3O5. The van der Waals surface area contributed by atoms with Crippen molar-refractivity contribution in [2.24, 2.45) is 5.10 Å². The van der Waals surface area contributed by atoms with E-state index in [1.54, 1.807) is 6.07 Å². The highest BCUT2D eigenvalue weighted by Gasteiger charge is 2.20. The number of rotatable bonds is 8. The van der Waals surface area contributed by atoms with E-state index in [4.69, 9.17) is 9.47 Å². The molecule has 10 heteroatoms. The Morgan fingerprint density at radius 1 is 1.18 bits per heavy atom. The molecule has 2 aromatic rings. The van der Waals surface area contributed by atoms with Crippen molar-refractivity contribution in [3.05, 3.63) is 50.4 Å². The fourth-order valence-corrected chi connectivity index (χ4v) is 3.48. The van der Waals surface area contributed by atoms with Crippen LogP contribution in [0.2, 0.25) is 0 Å². The Kier molecular flexibility index (Phi) is 7.82. The quantitative estimate of drug-likeness (QED) is 0.367. The van der Waals surface area contributed by atoms with Gasteiger partial charge in [0, 0.05) is 20.2 Å². The van der Waals surface area contributed by atoms with E-state index in [-0.39, 0.29) is 29.2 Å². The first-order valence-corrected chi connectivity index (χ1v) is 9.45. The van der Waals surface area contributed by atoms with Crippen LogP contribution >= 0.6 is 31.9 Å². The average Bonchev–Trinajstić information content (AvgIpc) is 2.66. The number of carbonyl (C=O) groups excluding carboxylic acids is 1. The van der Waals surface area contributed by atoms with Gasteiger partial charge in [0.25, 0.3) is 5.91 Å². The maximum Gasteiger partial charge on any atom is 0.340 e. The predicted molar refractivity (Wildman–Crippen MR) is 113 cm³/mol. The maximum atomic E-state index is 12.0. The lowest BCUT2D eigenvalue weighted by Gasteiger charge is -2.12. The largest absolute Gasteiger partial charge is 0.493 e. The Morgan fingerprint density at radius 3 is 2.54 bits per heavy atom. The van der Waals surface area contributed by atoms with E-state index in [2.05, 4.69) is 47.7 Å². The van der Waals surface area contributed by atoms with Crippen molar-refractivity contribution in [2.45, 2.75) is 0 Å². The van der Waals surface area contributed by atoms with Crippen LogP contribution in [0, 0.1) is 0 Å². The zero-order valence-corrected chi connectivity index (χ0v) is 18.1. The summed E-state index contributed by atoms with van der Waals surface area (Å²) in [5, 5.41) is 16.2. The molecule has 3 N–H and O–H groups in total. The van der Waals surface area contributed by atoms with Crippen LogP contribution in [0.3, 0.4) is 0 Å². The van der Waals surface area contributed by atoms with Gasteiger partial charge in [-0.3, -0.25) is 4.79 Å². The van der Waals surface area contributed by atoms with E-state index in [0.29, 0.717) is 0 Å². The Balaban J connectivity index is 2.05. The molecule has 0 saturated heterocycles. The van der Waals surface area contributed by atoms with Crippen LogP contribution < -0.4 is 20.2 Å². The fraction of sp³-hybridized carbons (Fsp3) is 0.167. The van der Waals surface area contributed by atoms with Crippen LogP contribution in [-0.4, -0.2) is 44.0 Å². The van der Waals surface area contributed by atoms with Crippen molar-refractivity contribution in [3.63, 3.8) is 0 Å². The lowest BCUT2D eigenvalue weighted by atomic mass is 10.1. The third-order valence-electron chi connectivity index (χ3n) is 3.56. The number of hydrogen-bond donors (Lipinski definition) is 3. The number of aromatic carboxylic acids is 1. The minimum absolute atomic E-state index is 0.0186. The highest BCUT2D eigenvalue weighted by Crippen LogP contribution is 2.32. The van der Waals surface area contributed by atoms with Crippen LogP contribution in [0.5, 0.6) is 11.5 Å². The van der Waals surface area contributed by atoms with E-state index in [1.807, 2.05) is 18.2 Å². The van der Waals surface area contributed by atoms with Crippen molar-refractivity contribution in [2.75, 3.05) is 26.1 Å². The number of hydrazone groups is 1. The van der Waals surface area contributed by atoms with E-state index in [1.165, 1.54) is 26.5 Å². The predicted octanol–water partition coefficient (Wildman–Crippen LogP) is 3.49. The van der Waals surface area contributed by atoms with Crippen LogP contribution in [0.4, 0.5) is 5.69 Å². The number of methoxy groups -OCH3 is 2. The van der Waals surface area contributed by atoms with Gasteiger partial charge in [0.2, 0.25) is 0 Å². The van der Waals surface area contributed by atoms with E-state index in [9.17, 15) is 14.7 Å². The molecule has 0 aliphatic carbocycles. The third-order valence-corrected chi connectivity index (χ3v) is 4.70. The number of ether oxygens (including phenoxy) is 2. The third kappa shape index (κ3) is 5.46. The Bertz CT molecular complexity index is 918. The number of carbonyl (C=O) groups is 2. The molecule has 0 atom stereocenters. The molecule has 0 bridgehead atoms. The van der Waals surface area contributed by atoms with Gasteiger partial charge >= 0.3 is 5.97 Å². The molecule has 0 aliphatic rings. The zero-order chi connectivity index (χ0) is 20.7. The standard InChI is InChI=1S/C18H17Br2N3O5/c1-27-14-6-3-10(16(18(25)26)17(14)28-2)8-22-23-15(24)9-21-13-5-4-11(19)7-12(13)20/h3-8,21H,9H2,1-2H3,(H,23,24)(H,25,26)/b22-8-. The number of nitrogens with one attached hydrogen (secondary N) is 2. The number of anilines is 1. The lowest BCUT2D eigenvalue weighted by molar-refractivity contribution is -0.119. The summed E-state index contributed by atoms with van der Waals surface area (Å²) in [6.45, 7) is -0.0186. The number of carboxylic acid groups (broad SMARTS) is 1. The van der Waals surface area contributed by atoms with Crippen molar-refractivity contribution in [1.29, 1.82) is 0 Å². The summed E-state index contributed by atoms with van der Waals surface area (Å²) in [4.78, 5) is 23.5. The molecule has 0 unspecified atom stereocenters. The van der Waals surface area contributed by atoms with E-state index < -0.39 is 11.9 Å². The molecule has 0 aliphatic heterocycles. The zero-order valence-electron chi connectivity index (χ0n) is 15.0. The molecule has 0 saturated carbocycles. The average molecular weight is 515 g/mol. The second kappa shape index (κ2) is 10.1. The minimum Gasteiger partial charge on any atom is -0.493 e. The first-order chi connectivity index (χ1) is 13.4. The fourth-order valence-electron chi connectivity index (χ4n) is 2.29. The van der Waals surface area contributed by atoms with Gasteiger partial charge in [0.1, 0.15) is 5.56 Å². The number of hydrogen-bond acceptors (Lipinski definition) is 6. The van der Waals surface area contributed by atoms with Crippen LogP contribution in [0.1, 0.15) is 15.9 Å². The van der Waals surface area contributed by atoms with Gasteiger partial charge in [-0.05, 0) is 46.3 Å². The second-order valence-corrected chi connectivity index (χ2v) is 7.11. The molecule has 1 amide bonds. The second-order valence-electron chi connectivity index (χ2n) is 5.34. The highest BCUT2D eigenvalue weighted by molar-refractivity contribution is 9.11. The Hall–Kier alpha value is -2.59.